The summed E-state index contributed by atoms with van der Waals surface area (Å²) < 4.78 is 30.7. The lowest BCUT2D eigenvalue weighted by Gasteiger charge is -2.05. The molecule has 0 aliphatic carbocycles. The largest absolute Gasteiger partial charge is 0.441 e. The highest BCUT2D eigenvalue weighted by Crippen LogP contribution is 2.24. The second kappa shape index (κ2) is 8.69. The number of oxazole rings is 1. The van der Waals surface area contributed by atoms with Crippen LogP contribution < -0.4 is 0 Å². The number of halogens is 2. The van der Waals surface area contributed by atoms with E-state index in [2.05, 4.69) is 4.98 Å². The van der Waals surface area contributed by atoms with Gasteiger partial charge in [-0.3, -0.25) is 4.79 Å². The molecular formula is C21H19Cl2NO4S. The van der Waals surface area contributed by atoms with Gasteiger partial charge in [0.15, 0.2) is 15.6 Å². The Morgan fingerprint density at radius 1 is 1.07 bits per heavy atom. The quantitative estimate of drug-likeness (QED) is 0.505. The van der Waals surface area contributed by atoms with Gasteiger partial charge in [0.2, 0.25) is 5.89 Å². The molecule has 3 aromatic rings. The molecule has 0 atom stereocenters. The van der Waals surface area contributed by atoms with Gasteiger partial charge < -0.3 is 4.42 Å². The van der Waals surface area contributed by atoms with Crippen LogP contribution in [0.4, 0.5) is 0 Å². The second-order valence-corrected chi connectivity index (χ2v) is 9.78. The van der Waals surface area contributed by atoms with E-state index in [9.17, 15) is 13.2 Å². The highest BCUT2D eigenvalue weighted by Gasteiger charge is 2.22. The first kappa shape index (κ1) is 21.6. The standard InChI is InChI=1S/C21H19Cl2NO4S/c1-13-3-5-15(6-4-13)21-24-20(14(2)28-21)12-29(26,27)11-18(25)10-16-9-17(22)7-8-19(16)23/h3-9H,10-12H2,1-2H3. The van der Waals surface area contributed by atoms with E-state index in [4.69, 9.17) is 27.6 Å². The average molecular weight is 452 g/mol. The first-order valence-electron chi connectivity index (χ1n) is 8.82. The van der Waals surface area contributed by atoms with Crippen molar-refractivity contribution < 1.29 is 17.6 Å². The summed E-state index contributed by atoms with van der Waals surface area (Å²) in [7, 11) is -3.72. The summed E-state index contributed by atoms with van der Waals surface area (Å²) in [5, 5.41) is 0.803. The van der Waals surface area contributed by atoms with Crippen molar-refractivity contribution in [2.45, 2.75) is 26.0 Å². The lowest BCUT2D eigenvalue weighted by molar-refractivity contribution is -0.116. The van der Waals surface area contributed by atoms with Crippen LogP contribution in [-0.4, -0.2) is 24.9 Å². The lowest BCUT2D eigenvalue weighted by atomic mass is 10.1. The molecule has 0 amide bonds. The third-order valence-corrected chi connectivity index (χ3v) is 6.40. The van der Waals surface area contributed by atoms with Crippen LogP contribution in [0.1, 0.15) is 22.6 Å². The van der Waals surface area contributed by atoms with E-state index in [1.165, 1.54) is 0 Å². The molecule has 1 aromatic heterocycles. The van der Waals surface area contributed by atoms with E-state index in [1.807, 2.05) is 31.2 Å². The van der Waals surface area contributed by atoms with Gasteiger partial charge in [0.25, 0.3) is 0 Å². The number of Topliss-reactive ketones (excluding diaryl/α,β-unsaturated/α-hetero) is 1. The zero-order valence-corrected chi connectivity index (χ0v) is 18.2. The molecule has 0 N–H and O–H groups in total. The zero-order valence-electron chi connectivity index (χ0n) is 15.9. The summed E-state index contributed by atoms with van der Waals surface area (Å²) in [5.41, 5.74) is 2.65. The van der Waals surface area contributed by atoms with Gasteiger partial charge in [-0.15, -0.1) is 0 Å². The molecule has 0 bridgehead atoms. The molecule has 3 rings (SSSR count). The Kier molecular flexibility index (Phi) is 6.46. The molecular weight excluding hydrogens is 433 g/mol. The summed E-state index contributed by atoms with van der Waals surface area (Å²) >= 11 is 12.0. The Balaban J connectivity index is 1.71. The molecule has 8 heteroatoms. The second-order valence-electron chi connectivity index (χ2n) is 6.87. The molecule has 2 aromatic carbocycles. The maximum absolute atomic E-state index is 12.5. The van der Waals surface area contributed by atoms with Gasteiger partial charge in [0.05, 0.1) is 11.4 Å². The maximum atomic E-state index is 12.5. The van der Waals surface area contributed by atoms with Crippen LogP contribution in [0.25, 0.3) is 11.5 Å². The molecule has 0 radical (unpaired) electrons. The summed E-state index contributed by atoms with van der Waals surface area (Å²) in [5.74, 6) is -0.682. The molecule has 0 unspecified atom stereocenters. The van der Waals surface area contributed by atoms with Crippen molar-refractivity contribution >= 4 is 38.8 Å². The van der Waals surface area contributed by atoms with Crippen molar-refractivity contribution in [3.63, 3.8) is 0 Å². The Bertz CT molecular complexity index is 1150. The number of hydrogen-bond donors (Lipinski definition) is 0. The lowest BCUT2D eigenvalue weighted by Crippen LogP contribution is -2.20. The van der Waals surface area contributed by atoms with Crippen LogP contribution in [0, 0.1) is 13.8 Å². The first-order chi connectivity index (χ1) is 13.6. The van der Waals surface area contributed by atoms with Gasteiger partial charge in [-0.25, -0.2) is 13.4 Å². The van der Waals surface area contributed by atoms with Crippen LogP contribution in [-0.2, 0) is 26.8 Å². The number of ketones is 1. The van der Waals surface area contributed by atoms with Crippen LogP contribution in [0.2, 0.25) is 10.0 Å². The molecule has 0 fully saturated rings. The number of nitrogens with zero attached hydrogens (tertiary/aromatic N) is 1. The number of carbonyl (C=O) groups excluding carboxylic acids is 1. The van der Waals surface area contributed by atoms with Crippen LogP contribution in [0.3, 0.4) is 0 Å². The monoisotopic (exact) mass is 451 g/mol. The van der Waals surface area contributed by atoms with Gasteiger partial charge in [-0.05, 0) is 49.7 Å². The SMILES string of the molecule is Cc1ccc(-c2nc(CS(=O)(=O)CC(=O)Cc3cc(Cl)ccc3Cl)c(C)o2)cc1. The van der Waals surface area contributed by atoms with Crippen LogP contribution in [0.15, 0.2) is 46.9 Å². The van der Waals surface area contributed by atoms with Crippen molar-refractivity contribution in [3.05, 3.63) is 75.1 Å². The maximum Gasteiger partial charge on any atom is 0.226 e. The summed E-state index contributed by atoms with van der Waals surface area (Å²) in [6.07, 6.45) is -0.106. The van der Waals surface area contributed by atoms with E-state index in [0.717, 1.165) is 11.1 Å². The molecule has 0 spiro atoms. The van der Waals surface area contributed by atoms with Crippen LogP contribution >= 0.6 is 23.2 Å². The van der Waals surface area contributed by atoms with Gasteiger partial charge in [-0.2, -0.15) is 0 Å². The third kappa shape index (κ3) is 5.69. The number of aryl methyl sites for hydroxylation is 2. The van der Waals surface area contributed by atoms with Gasteiger partial charge in [0, 0.05) is 22.0 Å². The predicted octanol–water partition coefficient (Wildman–Crippen LogP) is 4.99. The Morgan fingerprint density at radius 3 is 2.45 bits per heavy atom. The third-order valence-electron chi connectivity index (χ3n) is 4.32. The summed E-state index contributed by atoms with van der Waals surface area (Å²) in [6, 6.07) is 12.3. The predicted molar refractivity (Wildman–Crippen MR) is 114 cm³/mol. The van der Waals surface area contributed by atoms with Gasteiger partial charge >= 0.3 is 0 Å². The summed E-state index contributed by atoms with van der Waals surface area (Å²) in [4.78, 5) is 16.6. The first-order valence-corrected chi connectivity index (χ1v) is 11.4. The number of sulfone groups is 1. The molecule has 0 aliphatic rings. The minimum atomic E-state index is -3.72. The Hall–Kier alpha value is -2.15. The highest BCUT2D eigenvalue weighted by molar-refractivity contribution is 7.91. The van der Waals surface area contributed by atoms with E-state index >= 15 is 0 Å². The number of hydrogen-bond acceptors (Lipinski definition) is 5. The van der Waals surface area contributed by atoms with Crippen molar-refractivity contribution in [3.8, 4) is 11.5 Å². The molecule has 29 heavy (non-hydrogen) atoms. The molecule has 1 heterocycles. The number of rotatable bonds is 7. The molecule has 0 aliphatic heterocycles. The van der Waals surface area contributed by atoms with Crippen LogP contribution in [0.5, 0.6) is 0 Å². The number of benzene rings is 2. The minimum Gasteiger partial charge on any atom is -0.441 e. The fraction of sp³-hybridized carbons (Fsp3) is 0.238. The fourth-order valence-electron chi connectivity index (χ4n) is 2.83. The smallest absolute Gasteiger partial charge is 0.226 e. The van der Waals surface area contributed by atoms with Gasteiger partial charge in [0.1, 0.15) is 11.5 Å². The van der Waals surface area contributed by atoms with Crippen molar-refractivity contribution in [1.82, 2.24) is 4.98 Å². The zero-order chi connectivity index (χ0) is 21.2. The van der Waals surface area contributed by atoms with Crippen molar-refractivity contribution in [1.29, 1.82) is 0 Å². The van der Waals surface area contributed by atoms with E-state index in [-0.39, 0.29) is 12.2 Å². The van der Waals surface area contributed by atoms with Gasteiger partial charge in [-0.1, -0.05) is 40.9 Å². The molecule has 5 nitrogen and oxygen atoms in total. The normalized spacial score (nSPS) is 11.6. The summed E-state index contributed by atoms with van der Waals surface area (Å²) in [6.45, 7) is 3.62. The molecule has 0 saturated carbocycles. The van der Waals surface area contributed by atoms with E-state index in [0.29, 0.717) is 33.0 Å². The Labute approximate surface area is 179 Å². The van der Waals surface area contributed by atoms with Crippen molar-refractivity contribution in [2.24, 2.45) is 0 Å². The minimum absolute atomic E-state index is 0.106. The van der Waals surface area contributed by atoms with Crippen molar-refractivity contribution in [2.75, 3.05) is 5.75 Å². The van der Waals surface area contributed by atoms with E-state index in [1.54, 1.807) is 25.1 Å². The topological polar surface area (TPSA) is 77.2 Å². The molecule has 0 saturated heterocycles. The number of carbonyl (C=O) groups is 1. The Morgan fingerprint density at radius 2 is 1.76 bits per heavy atom. The molecule has 152 valence electrons. The average Bonchev–Trinajstić information content (AvgIpc) is 2.98. The highest BCUT2D eigenvalue weighted by atomic mass is 35.5. The fourth-order valence-corrected chi connectivity index (χ4v) is 4.59. The van der Waals surface area contributed by atoms with E-state index < -0.39 is 21.4 Å². The number of aromatic nitrogens is 1.